The van der Waals surface area contributed by atoms with E-state index in [2.05, 4.69) is 20.7 Å². The van der Waals surface area contributed by atoms with Crippen LogP contribution in [0.25, 0.3) is 0 Å². The van der Waals surface area contributed by atoms with E-state index in [0.29, 0.717) is 31.7 Å². The molecule has 5 rings (SSSR count). The topological polar surface area (TPSA) is 135 Å². The number of carbonyl (C=O) groups is 2. The van der Waals surface area contributed by atoms with Crippen molar-refractivity contribution in [3.63, 3.8) is 0 Å². The molecule has 0 radical (unpaired) electrons. The molecule has 1 unspecified atom stereocenters. The van der Waals surface area contributed by atoms with Crippen molar-refractivity contribution >= 4 is 27.7 Å². The van der Waals surface area contributed by atoms with Gasteiger partial charge < -0.3 is 25.4 Å². The van der Waals surface area contributed by atoms with E-state index in [-0.39, 0.29) is 29.5 Å². The van der Waals surface area contributed by atoms with Gasteiger partial charge in [-0.1, -0.05) is 97.1 Å². The lowest BCUT2D eigenvalue weighted by Gasteiger charge is -2.31. The van der Waals surface area contributed by atoms with E-state index in [1.54, 1.807) is 30.3 Å². The lowest BCUT2D eigenvalue weighted by atomic mass is 9.84. The van der Waals surface area contributed by atoms with Crippen LogP contribution < -0.4 is 20.7 Å². The summed E-state index contributed by atoms with van der Waals surface area (Å²) in [6, 6.07) is 33.9. The van der Waals surface area contributed by atoms with Crippen LogP contribution in [0.15, 0.2) is 120 Å². The average molecular weight is 657 g/mol. The number of para-hydroxylation sites is 1. The van der Waals surface area contributed by atoms with E-state index < -0.39 is 28.1 Å². The first-order valence-electron chi connectivity index (χ1n) is 15.6. The van der Waals surface area contributed by atoms with Crippen LogP contribution in [0, 0.1) is 0 Å². The van der Waals surface area contributed by atoms with Crippen LogP contribution in [0.3, 0.4) is 0 Å². The third kappa shape index (κ3) is 9.26. The van der Waals surface area contributed by atoms with Crippen molar-refractivity contribution in [3.8, 4) is 0 Å². The van der Waals surface area contributed by atoms with E-state index in [9.17, 15) is 18.0 Å². The number of ether oxygens (including phenoxy) is 2. The first-order valence-corrected chi connectivity index (χ1v) is 17.0. The van der Waals surface area contributed by atoms with Crippen molar-refractivity contribution in [2.75, 3.05) is 32.1 Å². The zero-order valence-corrected chi connectivity index (χ0v) is 27.0. The largest absolute Gasteiger partial charge is 0.453 e. The summed E-state index contributed by atoms with van der Waals surface area (Å²) < 4.78 is 38.8. The average Bonchev–Trinajstić information content (AvgIpc) is 3.11. The van der Waals surface area contributed by atoms with E-state index in [0.717, 1.165) is 16.7 Å². The highest BCUT2D eigenvalue weighted by atomic mass is 32.2. The second kappa shape index (κ2) is 16.3. The summed E-state index contributed by atoms with van der Waals surface area (Å²) in [5.41, 5.74) is 3.31. The number of carbonyl (C=O) groups excluding carboxylic acids is 2. The molecule has 246 valence electrons. The molecule has 11 heteroatoms. The van der Waals surface area contributed by atoms with E-state index >= 15 is 0 Å². The molecule has 2 amide bonds. The van der Waals surface area contributed by atoms with Gasteiger partial charge in [0.2, 0.25) is 15.9 Å². The molecule has 1 fully saturated rings. The number of nitrogens with one attached hydrogen (secondary N) is 4. The second-order valence-corrected chi connectivity index (χ2v) is 13.1. The predicted octanol–water partition coefficient (Wildman–Crippen LogP) is 4.45. The molecule has 3 atom stereocenters. The van der Waals surface area contributed by atoms with Crippen LogP contribution in [-0.2, 0) is 30.7 Å². The van der Waals surface area contributed by atoms with Crippen molar-refractivity contribution in [1.29, 1.82) is 0 Å². The maximum absolute atomic E-state index is 14.0. The summed E-state index contributed by atoms with van der Waals surface area (Å²) >= 11 is 0. The quantitative estimate of drug-likeness (QED) is 0.167. The third-order valence-corrected chi connectivity index (χ3v) is 9.58. The SMILES string of the molecule is COC(=O)NC(C(=O)Nc1ccccc1CC[C@@H]1CN[C@H](CNS(=O)(=O)c2ccccc2)CO1)C(c1ccccc1)c1ccccc1. The number of morpholine rings is 1. The number of aryl methyl sites for hydroxylation is 1. The highest BCUT2D eigenvalue weighted by Crippen LogP contribution is 2.30. The number of sulfonamides is 1. The fraction of sp³-hybridized carbons (Fsp3) is 0.278. The lowest BCUT2D eigenvalue weighted by Crippen LogP contribution is -2.51. The Morgan fingerprint density at radius 2 is 1.47 bits per heavy atom. The molecule has 10 nitrogen and oxygen atoms in total. The molecule has 4 aromatic rings. The van der Waals surface area contributed by atoms with Crippen molar-refractivity contribution in [3.05, 3.63) is 132 Å². The molecule has 0 aromatic heterocycles. The number of methoxy groups -OCH3 is 1. The number of alkyl carbamates (subject to hydrolysis) is 1. The van der Waals surface area contributed by atoms with Crippen LogP contribution in [0.2, 0.25) is 0 Å². The number of rotatable bonds is 13. The molecule has 47 heavy (non-hydrogen) atoms. The molecule has 0 saturated carbocycles. The molecule has 4 aromatic carbocycles. The fourth-order valence-corrected chi connectivity index (χ4v) is 6.75. The van der Waals surface area contributed by atoms with Gasteiger partial charge in [0.15, 0.2) is 0 Å². The van der Waals surface area contributed by atoms with Crippen LogP contribution >= 0.6 is 0 Å². The van der Waals surface area contributed by atoms with E-state index in [4.69, 9.17) is 9.47 Å². The molecule has 1 aliphatic rings. The van der Waals surface area contributed by atoms with Crippen molar-refractivity contribution in [2.24, 2.45) is 0 Å². The minimum absolute atomic E-state index is 0.0879. The molecule has 0 spiro atoms. The Bertz CT molecular complexity index is 1660. The molecule has 1 saturated heterocycles. The van der Waals surface area contributed by atoms with Crippen molar-refractivity contribution in [1.82, 2.24) is 15.4 Å². The Kier molecular flexibility index (Phi) is 11.7. The van der Waals surface area contributed by atoms with Gasteiger partial charge in [-0.2, -0.15) is 0 Å². The minimum Gasteiger partial charge on any atom is -0.453 e. The van der Waals surface area contributed by atoms with E-state index in [1.807, 2.05) is 84.9 Å². The van der Waals surface area contributed by atoms with Crippen molar-refractivity contribution in [2.45, 2.75) is 41.8 Å². The van der Waals surface area contributed by atoms with Gasteiger partial charge >= 0.3 is 6.09 Å². The fourth-order valence-electron chi connectivity index (χ4n) is 5.65. The van der Waals surface area contributed by atoms with Gasteiger partial charge in [0.05, 0.1) is 24.7 Å². The summed E-state index contributed by atoms with van der Waals surface area (Å²) in [5, 5.41) is 9.23. The van der Waals surface area contributed by atoms with Gasteiger partial charge in [0, 0.05) is 30.7 Å². The summed E-state index contributed by atoms with van der Waals surface area (Å²) in [6.45, 7) is 1.14. The highest BCUT2D eigenvalue weighted by Gasteiger charge is 2.33. The third-order valence-electron chi connectivity index (χ3n) is 8.14. The molecule has 0 bridgehead atoms. The normalized spacial score (nSPS) is 17.1. The number of amides is 2. The van der Waals surface area contributed by atoms with Gasteiger partial charge in [-0.15, -0.1) is 0 Å². The van der Waals surface area contributed by atoms with Crippen molar-refractivity contribution < 1.29 is 27.5 Å². The van der Waals surface area contributed by atoms with Gasteiger partial charge in [-0.25, -0.2) is 17.9 Å². The first-order chi connectivity index (χ1) is 22.8. The van der Waals surface area contributed by atoms with E-state index in [1.165, 1.54) is 7.11 Å². The van der Waals surface area contributed by atoms with Gasteiger partial charge in [0.1, 0.15) is 6.04 Å². The molecule has 1 aliphatic heterocycles. The Labute approximate surface area is 275 Å². The number of hydrogen-bond donors (Lipinski definition) is 4. The molecule has 1 heterocycles. The summed E-state index contributed by atoms with van der Waals surface area (Å²) in [7, 11) is -2.33. The van der Waals surface area contributed by atoms with Crippen LogP contribution in [0.5, 0.6) is 0 Å². The Morgan fingerprint density at radius 1 is 0.872 bits per heavy atom. The highest BCUT2D eigenvalue weighted by molar-refractivity contribution is 7.89. The molecular weight excluding hydrogens is 616 g/mol. The smallest absolute Gasteiger partial charge is 0.407 e. The zero-order chi connectivity index (χ0) is 33.1. The zero-order valence-electron chi connectivity index (χ0n) is 26.2. The lowest BCUT2D eigenvalue weighted by molar-refractivity contribution is -0.118. The predicted molar refractivity (Wildman–Crippen MR) is 181 cm³/mol. The Morgan fingerprint density at radius 3 is 2.06 bits per heavy atom. The summed E-state index contributed by atoms with van der Waals surface area (Å²) in [5.74, 6) is -0.854. The number of hydrogen-bond acceptors (Lipinski definition) is 7. The van der Waals surface area contributed by atoms with Crippen LogP contribution in [0.1, 0.15) is 29.0 Å². The summed E-state index contributed by atoms with van der Waals surface area (Å²) in [4.78, 5) is 26.7. The van der Waals surface area contributed by atoms with Crippen LogP contribution in [0.4, 0.5) is 10.5 Å². The number of anilines is 1. The Hall–Kier alpha value is -4.55. The number of benzene rings is 4. The van der Waals surface area contributed by atoms with Crippen LogP contribution in [-0.4, -0.2) is 65.4 Å². The molecule has 4 N–H and O–H groups in total. The monoisotopic (exact) mass is 656 g/mol. The minimum atomic E-state index is -3.60. The molecule has 0 aliphatic carbocycles. The second-order valence-electron chi connectivity index (χ2n) is 11.3. The first kappa shape index (κ1) is 33.8. The Balaban J connectivity index is 1.22. The standard InChI is InChI=1S/C36H40N4O6S/c1-45-36(42)40-34(33(27-14-5-2-6-15-27)28-16-7-3-8-17-28)35(41)39-32-20-12-11-13-26(32)21-22-30-24-37-29(25-46-30)23-38-47(43,44)31-18-9-4-10-19-31/h2-20,29-30,33-34,37-38H,21-25H2,1H3,(H,39,41)(H,40,42)/t29-,30-,34?/m1/s1. The summed E-state index contributed by atoms with van der Waals surface area (Å²) in [6.07, 6.45) is 0.519. The van der Waals surface area contributed by atoms with Gasteiger partial charge in [-0.3, -0.25) is 4.79 Å². The van der Waals surface area contributed by atoms with Gasteiger partial charge in [0.25, 0.3) is 0 Å². The molecular formula is C36H40N4O6S. The van der Waals surface area contributed by atoms with Gasteiger partial charge in [-0.05, 0) is 47.7 Å². The maximum atomic E-state index is 14.0. The maximum Gasteiger partial charge on any atom is 0.407 e.